The molecule has 0 spiro atoms. The summed E-state index contributed by atoms with van der Waals surface area (Å²) in [7, 11) is 0. The Morgan fingerprint density at radius 3 is 2.59 bits per heavy atom. The van der Waals surface area contributed by atoms with Crippen LogP contribution in [-0.2, 0) is 6.42 Å². The number of nitrogens with zero attached hydrogens (tertiary/aromatic N) is 1. The Bertz CT molecular complexity index is 1050. The van der Waals surface area contributed by atoms with Crippen molar-refractivity contribution >= 4 is 5.78 Å². The molecule has 0 amide bonds. The lowest BCUT2D eigenvalue weighted by Gasteiger charge is -2.46. The van der Waals surface area contributed by atoms with Gasteiger partial charge in [0.05, 0.1) is 24.4 Å². The van der Waals surface area contributed by atoms with Crippen LogP contribution in [0.4, 0.5) is 0 Å². The van der Waals surface area contributed by atoms with E-state index in [0.717, 1.165) is 81.0 Å². The molecule has 2 fully saturated rings. The maximum atomic E-state index is 14.1. The molecule has 0 saturated heterocycles. The van der Waals surface area contributed by atoms with Crippen LogP contribution in [0, 0.1) is 11.3 Å². The lowest BCUT2D eigenvalue weighted by Crippen LogP contribution is -2.54. The molecule has 4 aliphatic carbocycles. The van der Waals surface area contributed by atoms with Gasteiger partial charge in [-0.15, -0.1) is 0 Å². The number of aliphatic hydroxyl groups excluding tert-OH is 3. The van der Waals surface area contributed by atoms with Crippen molar-refractivity contribution in [1.82, 2.24) is 4.90 Å². The van der Waals surface area contributed by atoms with Crippen molar-refractivity contribution in [1.29, 1.82) is 0 Å². The van der Waals surface area contributed by atoms with E-state index in [9.17, 15) is 25.2 Å². The van der Waals surface area contributed by atoms with Crippen molar-refractivity contribution < 1.29 is 25.2 Å². The van der Waals surface area contributed by atoms with Crippen LogP contribution in [0.1, 0.15) is 125 Å². The number of Topliss-reactive ketones (excluding diaryl/α,β-unsaturated/α-hetero) is 1. The second-order valence-corrected chi connectivity index (χ2v) is 13.7. The summed E-state index contributed by atoms with van der Waals surface area (Å²) < 4.78 is 0. The molecule has 4 aliphatic rings. The predicted octanol–water partition coefficient (Wildman–Crippen LogP) is 5.55. The fraction of sp³-hybridized carbons (Fsp3) is 0.743. The van der Waals surface area contributed by atoms with Gasteiger partial charge in [-0.2, -0.15) is 0 Å². The van der Waals surface area contributed by atoms with E-state index in [1.54, 1.807) is 0 Å². The quantitative estimate of drug-likeness (QED) is 0.230. The minimum absolute atomic E-state index is 0.0249. The van der Waals surface area contributed by atoms with Gasteiger partial charge in [-0.05, 0) is 101 Å². The standard InChI is InChI=1S/C35H55NO5/c1-4-19-36(22-29(39)23-37)24-35(41)18-16-32-30-15-13-26(21-31(30)33(40)27-10-6-5-7-11-27)20-28(38)14-12-25(2)9-8-17-34(32,35)3/h9,13,15,21,27-29,32,37-39,41H,4-8,10-12,14,16-20,22-24H2,1-3H3. The van der Waals surface area contributed by atoms with Crippen LogP contribution in [0.25, 0.3) is 0 Å². The number of ketones is 1. The second-order valence-electron chi connectivity index (χ2n) is 13.7. The maximum Gasteiger partial charge on any atom is 0.166 e. The van der Waals surface area contributed by atoms with E-state index >= 15 is 0 Å². The zero-order valence-corrected chi connectivity index (χ0v) is 25.8. The summed E-state index contributed by atoms with van der Waals surface area (Å²) in [4.78, 5) is 16.3. The highest BCUT2D eigenvalue weighted by atomic mass is 16.3. The molecule has 230 valence electrons. The van der Waals surface area contributed by atoms with Crippen LogP contribution in [0.2, 0.25) is 0 Å². The number of carbonyl (C=O) groups excluding carboxylic acids is 1. The van der Waals surface area contributed by atoms with Crippen molar-refractivity contribution in [2.75, 3.05) is 26.2 Å². The van der Waals surface area contributed by atoms with E-state index in [1.807, 2.05) is 0 Å². The highest BCUT2D eigenvalue weighted by Gasteiger charge is 2.57. The predicted molar refractivity (Wildman–Crippen MR) is 164 cm³/mol. The summed E-state index contributed by atoms with van der Waals surface area (Å²) in [6.45, 7) is 7.65. The third kappa shape index (κ3) is 7.51. The van der Waals surface area contributed by atoms with E-state index in [0.29, 0.717) is 32.4 Å². The summed E-state index contributed by atoms with van der Waals surface area (Å²) in [6, 6.07) is 6.31. The SMILES string of the molecule is CCCN(CC(O)CO)CC1(O)CCC2c3ccc(cc3C(=O)C3CCCCC3)CC(O)CCC(C)=CCCC21C. The number of aliphatic hydroxyl groups is 4. The van der Waals surface area contributed by atoms with Gasteiger partial charge in [0.25, 0.3) is 0 Å². The van der Waals surface area contributed by atoms with Crippen LogP contribution in [0.15, 0.2) is 29.8 Å². The number of hydrogen-bond donors (Lipinski definition) is 4. The number of rotatable bonds is 9. The van der Waals surface area contributed by atoms with Crippen molar-refractivity contribution in [3.8, 4) is 0 Å². The first-order valence-electron chi connectivity index (χ1n) is 16.3. The van der Waals surface area contributed by atoms with Crippen LogP contribution in [0.3, 0.4) is 0 Å². The average molecular weight is 570 g/mol. The number of fused-ring (bicyclic) bond motifs is 8. The Balaban J connectivity index is 1.77. The molecule has 2 saturated carbocycles. The first-order chi connectivity index (χ1) is 19.6. The van der Waals surface area contributed by atoms with Crippen LogP contribution in [0.5, 0.6) is 0 Å². The molecule has 0 aromatic heterocycles. The molecule has 5 rings (SSSR count). The largest absolute Gasteiger partial charge is 0.394 e. The van der Waals surface area contributed by atoms with E-state index in [-0.39, 0.29) is 24.2 Å². The minimum atomic E-state index is -0.999. The van der Waals surface area contributed by atoms with Gasteiger partial charge in [-0.1, -0.05) is 56.9 Å². The van der Waals surface area contributed by atoms with E-state index in [1.165, 1.54) is 12.0 Å². The van der Waals surface area contributed by atoms with Crippen LogP contribution < -0.4 is 0 Å². The van der Waals surface area contributed by atoms with E-state index < -0.39 is 23.2 Å². The first-order valence-corrected chi connectivity index (χ1v) is 16.3. The molecular weight excluding hydrogens is 514 g/mol. The molecule has 5 unspecified atom stereocenters. The summed E-state index contributed by atoms with van der Waals surface area (Å²) in [5.74, 6) is 0.325. The van der Waals surface area contributed by atoms with Gasteiger partial charge in [-0.25, -0.2) is 0 Å². The lowest BCUT2D eigenvalue weighted by atomic mass is 9.64. The van der Waals surface area contributed by atoms with E-state index in [2.05, 4.69) is 49.9 Å². The molecule has 2 bridgehead atoms. The van der Waals surface area contributed by atoms with Crippen molar-refractivity contribution in [3.63, 3.8) is 0 Å². The Kier molecular flexibility index (Phi) is 11.3. The first kappa shape index (κ1) is 32.3. The molecule has 6 heteroatoms. The molecule has 0 radical (unpaired) electrons. The van der Waals surface area contributed by atoms with Gasteiger partial charge in [0.1, 0.15) is 0 Å². The fourth-order valence-electron chi connectivity index (χ4n) is 8.07. The number of hydrogen-bond acceptors (Lipinski definition) is 6. The van der Waals surface area contributed by atoms with Gasteiger partial charge in [-0.3, -0.25) is 9.69 Å². The molecule has 1 aromatic carbocycles. The van der Waals surface area contributed by atoms with Gasteiger partial charge in [0.2, 0.25) is 0 Å². The number of allylic oxidation sites excluding steroid dienone is 2. The molecule has 1 aromatic rings. The molecule has 41 heavy (non-hydrogen) atoms. The van der Waals surface area contributed by atoms with Crippen LogP contribution >= 0.6 is 0 Å². The van der Waals surface area contributed by atoms with Crippen molar-refractivity contribution in [3.05, 3.63) is 46.5 Å². The molecule has 6 nitrogen and oxygen atoms in total. The molecule has 5 atom stereocenters. The lowest BCUT2D eigenvalue weighted by molar-refractivity contribution is -0.0891. The topological polar surface area (TPSA) is 101 Å². The molecule has 4 N–H and O–H groups in total. The Hall–Kier alpha value is -1.57. The van der Waals surface area contributed by atoms with Gasteiger partial charge in [0, 0.05) is 30.0 Å². The summed E-state index contributed by atoms with van der Waals surface area (Å²) in [5.41, 5.74) is 2.68. The number of carbonyl (C=O) groups is 1. The highest BCUT2D eigenvalue weighted by Crippen LogP contribution is 2.59. The normalized spacial score (nSPS) is 30.6. The van der Waals surface area contributed by atoms with E-state index in [4.69, 9.17) is 0 Å². The smallest absolute Gasteiger partial charge is 0.166 e. The van der Waals surface area contributed by atoms with Gasteiger partial charge >= 0.3 is 0 Å². The Labute approximate surface area is 247 Å². The Morgan fingerprint density at radius 1 is 1.12 bits per heavy atom. The Morgan fingerprint density at radius 2 is 1.88 bits per heavy atom. The van der Waals surface area contributed by atoms with Crippen LogP contribution in [-0.4, -0.2) is 75.2 Å². The molecule has 0 heterocycles. The minimum Gasteiger partial charge on any atom is -0.394 e. The molecule has 0 aliphatic heterocycles. The number of benzene rings is 1. The summed E-state index contributed by atoms with van der Waals surface area (Å²) >= 11 is 0. The fourth-order valence-corrected chi connectivity index (χ4v) is 8.07. The zero-order valence-electron chi connectivity index (χ0n) is 25.8. The second kappa shape index (κ2) is 14.3. The summed E-state index contributed by atoms with van der Waals surface area (Å²) in [6.07, 6.45) is 12.3. The third-order valence-corrected chi connectivity index (χ3v) is 10.6. The van der Waals surface area contributed by atoms with Crippen molar-refractivity contribution in [2.45, 2.75) is 128 Å². The highest BCUT2D eigenvalue weighted by molar-refractivity contribution is 5.99. The average Bonchev–Trinajstić information content (AvgIpc) is 3.21. The zero-order chi connectivity index (χ0) is 29.6. The van der Waals surface area contributed by atoms with Crippen molar-refractivity contribution in [2.24, 2.45) is 11.3 Å². The monoisotopic (exact) mass is 569 g/mol. The summed E-state index contributed by atoms with van der Waals surface area (Å²) in [5, 5.41) is 43.2. The molecular formula is C35H55NO5. The third-order valence-electron chi connectivity index (χ3n) is 10.6. The van der Waals surface area contributed by atoms with Gasteiger partial charge in [0.15, 0.2) is 5.78 Å². The van der Waals surface area contributed by atoms with Gasteiger partial charge < -0.3 is 20.4 Å². The maximum absolute atomic E-state index is 14.1.